The minimum absolute atomic E-state index is 0.110. The van der Waals surface area contributed by atoms with E-state index in [1.807, 2.05) is 6.92 Å². The largest absolute Gasteiger partial charge is 0.353 e. The molecule has 3 atom stereocenters. The summed E-state index contributed by atoms with van der Waals surface area (Å²) >= 11 is 0. The number of hydrogen-bond donors (Lipinski definition) is 0. The Hall–Kier alpha value is -0.130. The summed E-state index contributed by atoms with van der Waals surface area (Å²) in [7, 11) is -2.82. The van der Waals surface area contributed by atoms with Gasteiger partial charge in [-0.15, -0.1) is 0 Å². The molecule has 2 saturated heterocycles. The monoisotopic (exact) mass is 206 g/mol. The normalized spacial score (nSPS) is 42.1. The maximum atomic E-state index is 11.2. The molecular formula is C8H14O4S. The molecule has 0 aliphatic carbocycles. The first-order valence-electron chi connectivity index (χ1n) is 4.58. The van der Waals surface area contributed by atoms with Crippen LogP contribution < -0.4 is 0 Å². The second kappa shape index (κ2) is 3.22. The molecule has 2 aliphatic rings. The van der Waals surface area contributed by atoms with Crippen molar-refractivity contribution in [2.75, 3.05) is 18.1 Å². The molecule has 4 nitrogen and oxygen atoms in total. The Labute approximate surface area is 78.1 Å². The highest BCUT2D eigenvalue weighted by Gasteiger charge is 2.45. The third-order valence-corrected chi connectivity index (χ3v) is 4.36. The maximum Gasteiger partial charge on any atom is 0.158 e. The number of hydrogen-bond acceptors (Lipinski definition) is 4. The summed E-state index contributed by atoms with van der Waals surface area (Å²) in [6, 6.07) is 0. The fourth-order valence-electron chi connectivity index (χ4n) is 2.05. The Balaban J connectivity index is 1.97. The van der Waals surface area contributed by atoms with Gasteiger partial charge < -0.3 is 9.47 Å². The van der Waals surface area contributed by atoms with Crippen LogP contribution in [0.25, 0.3) is 0 Å². The van der Waals surface area contributed by atoms with Crippen molar-refractivity contribution in [3.8, 4) is 0 Å². The van der Waals surface area contributed by atoms with Crippen LogP contribution in [0, 0.1) is 5.92 Å². The van der Waals surface area contributed by atoms with E-state index in [0.717, 1.165) is 6.42 Å². The SMILES string of the molecule is CCOC1CC2CS(=O)(=O)CC2O1. The molecule has 3 unspecified atom stereocenters. The van der Waals surface area contributed by atoms with E-state index in [-0.39, 0.29) is 29.8 Å². The van der Waals surface area contributed by atoms with Crippen molar-refractivity contribution >= 4 is 9.84 Å². The van der Waals surface area contributed by atoms with Crippen LogP contribution in [0.4, 0.5) is 0 Å². The van der Waals surface area contributed by atoms with E-state index in [4.69, 9.17) is 9.47 Å². The number of sulfone groups is 1. The minimum atomic E-state index is -2.82. The van der Waals surface area contributed by atoms with Crippen molar-refractivity contribution in [2.24, 2.45) is 5.92 Å². The molecule has 0 radical (unpaired) electrons. The van der Waals surface area contributed by atoms with E-state index in [2.05, 4.69) is 0 Å². The molecule has 0 N–H and O–H groups in total. The molecule has 2 aliphatic heterocycles. The van der Waals surface area contributed by atoms with E-state index < -0.39 is 9.84 Å². The molecule has 0 aromatic heterocycles. The second-order valence-electron chi connectivity index (χ2n) is 3.63. The van der Waals surface area contributed by atoms with Crippen LogP contribution in [0.5, 0.6) is 0 Å². The highest BCUT2D eigenvalue weighted by molar-refractivity contribution is 7.91. The second-order valence-corrected chi connectivity index (χ2v) is 5.79. The van der Waals surface area contributed by atoms with Crippen LogP contribution in [-0.2, 0) is 19.3 Å². The first-order chi connectivity index (χ1) is 6.11. The van der Waals surface area contributed by atoms with Gasteiger partial charge in [0.05, 0.1) is 17.6 Å². The Kier molecular flexibility index (Phi) is 2.33. The highest BCUT2D eigenvalue weighted by Crippen LogP contribution is 2.34. The Bertz CT molecular complexity index is 265. The fourth-order valence-corrected chi connectivity index (χ4v) is 4.04. The maximum absolute atomic E-state index is 11.2. The van der Waals surface area contributed by atoms with Gasteiger partial charge in [0, 0.05) is 18.9 Å². The molecule has 0 saturated carbocycles. The summed E-state index contributed by atoms with van der Waals surface area (Å²) in [6.07, 6.45) is 0.453. The van der Waals surface area contributed by atoms with Gasteiger partial charge in [-0.3, -0.25) is 0 Å². The Morgan fingerprint density at radius 2 is 2.23 bits per heavy atom. The topological polar surface area (TPSA) is 52.6 Å². The van der Waals surface area contributed by atoms with Gasteiger partial charge in [-0.05, 0) is 6.92 Å². The Morgan fingerprint density at radius 3 is 2.85 bits per heavy atom. The number of ether oxygens (including phenoxy) is 2. The van der Waals surface area contributed by atoms with Gasteiger partial charge in [0.15, 0.2) is 16.1 Å². The molecule has 5 heteroatoms. The first-order valence-corrected chi connectivity index (χ1v) is 6.40. The van der Waals surface area contributed by atoms with Crippen LogP contribution in [0.1, 0.15) is 13.3 Å². The van der Waals surface area contributed by atoms with E-state index in [0.29, 0.717) is 6.61 Å². The van der Waals surface area contributed by atoms with Gasteiger partial charge in [0.2, 0.25) is 0 Å². The van der Waals surface area contributed by atoms with Gasteiger partial charge >= 0.3 is 0 Å². The van der Waals surface area contributed by atoms with Crippen molar-refractivity contribution in [2.45, 2.75) is 25.7 Å². The molecular weight excluding hydrogens is 192 g/mol. The van der Waals surface area contributed by atoms with Gasteiger partial charge in [-0.2, -0.15) is 0 Å². The van der Waals surface area contributed by atoms with Crippen molar-refractivity contribution in [1.29, 1.82) is 0 Å². The first kappa shape index (κ1) is 9.43. The quantitative estimate of drug-likeness (QED) is 0.647. The summed E-state index contributed by atoms with van der Waals surface area (Å²) < 4.78 is 33.1. The van der Waals surface area contributed by atoms with Crippen LogP contribution >= 0.6 is 0 Å². The van der Waals surface area contributed by atoms with E-state index in [9.17, 15) is 8.42 Å². The van der Waals surface area contributed by atoms with Crippen LogP contribution in [-0.4, -0.2) is 38.9 Å². The van der Waals surface area contributed by atoms with Gasteiger partial charge in [0.25, 0.3) is 0 Å². The summed E-state index contributed by atoms with van der Waals surface area (Å²) in [5.74, 6) is 0.629. The van der Waals surface area contributed by atoms with Crippen LogP contribution in [0.2, 0.25) is 0 Å². The fraction of sp³-hybridized carbons (Fsp3) is 1.00. The van der Waals surface area contributed by atoms with Crippen molar-refractivity contribution < 1.29 is 17.9 Å². The van der Waals surface area contributed by atoms with Gasteiger partial charge in [0.1, 0.15) is 0 Å². The lowest BCUT2D eigenvalue weighted by Gasteiger charge is -2.11. The van der Waals surface area contributed by atoms with Crippen LogP contribution in [0.15, 0.2) is 0 Å². The van der Waals surface area contributed by atoms with Crippen LogP contribution in [0.3, 0.4) is 0 Å². The lowest BCUT2D eigenvalue weighted by atomic mass is 10.1. The predicted octanol–water partition coefficient (Wildman–Crippen LogP) is 0.182. The zero-order chi connectivity index (χ0) is 9.47. The number of rotatable bonds is 2. The smallest absolute Gasteiger partial charge is 0.158 e. The van der Waals surface area contributed by atoms with Crippen molar-refractivity contribution in [3.05, 3.63) is 0 Å². The molecule has 0 bridgehead atoms. The third-order valence-electron chi connectivity index (χ3n) is 2.59. The average Bonchev–Trinajstić information content (AvgIpc) is 2.41. The molecule has 13 heavy (non-hydrogen) atoms. The summed E-state index contributed by atoms with van der Waals surface area (Å²) in [4.78, 5) is 0. The zero-order valence-electron chi connectivity index (χ0n) is 7.60. The average molecular weight is 206 g/mol. The minimum Gasteiger partial charge on any atom is -0.353 e. The predicted molar refractivity (Wildman–Crippen MR) is 47.0 cm³/mol. The van der Waals surface area contributed by atoms with E-state index in [1.54, 1.807) is 0 Å². The number of fused-ring (bicyclic) bond motifs is 1. The van der Waals surface area contributed by atoms with Crippen molar-refractivity contribution in [1.82, 2.24) is 0 Å². The molecule has 2 rings (SSSR count). The van der Waals surface area contributed by atoms with Gasteiger partial charge in [-0.25, -0.2) is 8.42 Å². The summed E-state index contributed by atoms with van der Waals surface area (Å²) in [5.41, 5.74) is 0. The Morgan fingerprint density at radius 1 is 1.46 bits per heavy atom. The molecule has 0 aromatic rings. The lowest BCUT2D eigenvalue weighted by molar-refractivity contribution is -0.125. The molecule has 76 valence electrons. The van der Waals surface area contributed by atoms with E-state index in [1.165, 1.54) is 0 Å². The molecule has 2 fully saturated rings. The third kappa shape index (κ3) is 1.87. The molecule has 0 amide bonds. The molecule has 2 heterocycles. The van der Waals surface area contributed by atoms with E-state index >= 15 is 0 Å². The highest BCUT2D eigenvalue weighted by atomic mass is 32.2. The zero-order valence-corrected chi connectivity index (χ0v) is 8.42. The van der Waals surface area contributed by atoms with Crippen molar-refractivity contribution in [3.63, 3.8) is 0 Å². The van der Waals surface area contributed by atoms with Gasteiger partial charge in [-0.1, -0.05) is 0 Å². The molecule has 0 spiro atoms. The summed E-state index contributed by atoms with van der Waals surface area (Å²) in [6.45, 7) is 2.53. The lowest BCUT2D eigenvalue weighted by Crippen LogP contribution is -2.18. The standard InChI is InChI=1S/C8H14O4S/c1-2-11-8-3-6-4-13(9,10)5-7(6)12-8/h6-8H,2-5H2,1H3. The molecule has 0 aromatic carbocycles. The summed E-state index contributed by atoms with van der Waals surface area (Å²) in [5, 5.41) is 0.